The van der Waals surface area contributed by atoms with Crippen LogP contribution in [-0.2, 0) is 71.7 Å². The number of rotatable bonds is 28. The Hall–Kier alpha value is -7.32. The van der Waals surface area contributed by atoms with E-state index >= 15 is 0 Å². The molecule has 9 N–H and O–H groups in total. The van der Waals surface area contributed by atoms with Gasteiger partial charge in [-0.15, -0.1) is 0 Å². The standard InChI is InChI=1S/C16H20N2O7.C14H16N2O4.C6H16N2.2C4H4O4/c19-13-1-2-14(20)17(13)5-7-23-9-11-25-12-10-24-8-6-18-15(21)3-4-16(18)22;17-11-5-6-12(18)15(11)9-3-1-2-4-10-16-13(19)7-8-14(16)20;7-5-3-1-2-4-6-8;2*5-3(6)1-2-4(7)8/h1-4H,5-12H2;5-8H,1-4,9-10H2;1-8H2;2*1-2H,(H,5,6)(H,7,8)/p+1/b;;;2*2-1-. The van der Waals surface area contributed by atoms with Crippen molar-refractivity contribution in [3.8, 4) is 0 Å². The Morgan fingerprint density at radius 1 is 0.391 bits per heavy atom. The molecule has 4 heterocycles. The zero-order chi connectivity index (χ0) is 52.0. The van der Waals surface area contributed by atoms with Gasteiger partial charge in [-0.25, -0.2) is 14.4 Å². The highest BCUT2D eigenvalue weighted by Gasteiger charge is 2.25. The molecule has 0 radical (unpaired) electrons. The lowest BCUT2D eigenvalue weighted by atomic mass is 10.2. The van der Waals surface area contributed by atoms with E-state index in [2.05, 4.69) is 11.5 Å². The van der Waals surface area contributed by atoms with Gasteiger partial charge in [0.05, 0.1) is 71.8 Å². The Morgan fingerprint density at radius 3 is 0.855 bits per heavy atom. The summed E-state index contributed by atoms with van der Waals surface area (Å²) in [5.41, 5.74) is 7.54. The average molecular weight is 978 g/mol. The number of imide groups is 4. The van der Waals surface area contributed by atoms with E-state index < -0.39 is 23.9 Å². The molecule has 25 heteroatoms. The number of carbonyl (C=O) groups is 12. The number of carboxylic acids is 4. The van der Waals surface area contributed by atoms with Crippen molar-refractivity contribution in [1.29, 1.82) is 0 Å². The minimum absolute atomic E-state index is 0.219. The summed E-state index contributed by atoms with van der Waals surface area (Å²) in [6.07, 6.45) is 20.5. The average Bonchev–Trinajstić information content (AvgIpc) is 4.02. The van der Waals surface area contributed by atoms with Crippen molar-refractivity contribution < 1.29 is 104 Å². The number of ether oxygens (including phenoxy) is 3. The molecule has 0 saturated carbocycles. The van der Waals surface area contributed by atoms with Crippen molar-refractivity contribution in [2.75, 3.05) is 78.9 Å². The third-order valence-electron chi connectivity index (χ3n) is 8.76. The maximum atomic E-state index is 11.3. The number of unbranched alkanes of at least 4 members (excludes halogenated alkanes) is 6. The Labute approximate surface area is 396 Å². The molecule has 0 fully saturated rings. The third kappa shape index (κ3) is 30.6. The molecule has 0 unspecified atom stereocenters. The Morgan fingerprint density at radius 2 is 0.623 bits per heavy atom. The van der Waals surface area contributed by atoms with Crippen molar-refractivity contribution in [2.45, 2.75) is 51.4 Å². The Balaban J connectivity index is 0.000000927. The lowest BCUT2D eigenvalue weighted by molar-refractivity contribution is -0.371. The van der Waals surface area contributed by atoms with E-state index in [1.807, 2.05) is 0 Å². The monoisotopic (exact) mass is 977 g/mol. The van der Waals surface area contributed by atoms with Crippen molar-refractivity contribution in [2.24, 2.45) is 0 Å². The van der Waals surface area contributed by atoms with Crippen molar-refractivity contribution in [1.82, 2.24) is 19.6 Å². The summed E-state index contributed by atoms with van der Waals surface area (Å²) in [5.74, 6) is -7.64. The Kier molecular flexibility index (Phi) is 33.7. The quantitative estimate of drug-likeness (QED) is 0.0287. The van der Waals surface area contributed by atoms with Gasteiger partial charge in [0.25, 0.3) is 47.3 Å². The van der Waals surface area contributed by atoms with E-state index in [0.29, 0.717) is 63.8 Å². The number of quaternary nitrogens is 2. The molecule has 4 rings (SSSR count). The molecule has 69 heavy (non-hydrogen) atoms. The fourth-order valence-corrected chi connectivity index (χ4v) is 5.34. The molecule has 0 bridgehead atoms. The van der Waals surface area contributed by atoms with Crippen LogP contribution in [0.25, 0.3) is 0 Å². The minimum Gasteiger partial charge on any atom is -0.545 e. The maximum absolute atomic E-state index is 11.3. The summed E-state index contributed by atoms with van der Waals surface area (Å²) in [5, 5.41) is 32.9. The summed E-state index contributed by atoms with van der Waals surface area (Å²) in [6.45, 7) is 5.38. The summed E-state index contributed by atoms with van der Waals surface area (Å²) >= 11 is 0. The first-order chi connectivity index (χ1) is 32.9. The predicted molar refractivity (Wildman–Crippen MR) is 235 cm³/mol. The summed E-state index contributed by atoms with van der Waals surface area (Å²) in [6, 6.07) is 0. The number of aliphatic carboxylic acids is 4. The zero-order valence-corrected chi connectivity index (χ0v) is 38.1. The topological polar surface area (TPSA) is 385 Å². The van der Waals surface area contributed by atoms with E-state index in [1.54, 1.807) is 0 Å². The first kappa shape index (κ1) is 61.7. The van der Waals surface area contributed by atoms with Crippen LogP contribution in [0.1, 0.15) is 51.4 Å². The van der Waals surface area contributed by atoms with Gasteiger partial charge in [-0.3, -0.25) is 58.0 Å². The normalized spacial score (nSPS) is 14.6. The molecule has 0 aromatic heterocycles. The predicted octanol–water partition coefficient (Wildman–Crippen LogP) is -3.60. The van der Waals surface area contributed by atoms with Crippen LogP contribution in [0.5, 0.6) is 0 Å². The molecular formula is C44H61N6O19+. The van der Waals surface area contributed by atoms with Crippen LogP contribution in [0.4, 0.5) is 0 Å². The van der Waals surface area contributed by atoms with Crippen LogP contribution in [0.15, 0.2) is 72.9 Å². The number of amides is 8. The van der Waals surface area contributed by atoms with Crippen LogP contribution in [0, 0.1) is 0 Å². The number of hydrogen-bond donors (Lipinski definition) is 5. The molecule has 0 spiro atoms. The van der Waals surface area contributed by atoms with Gasteiger partial charge in [-0.1, -0.05) is 12.8 Å². The second kappa shape index (κ2) is 37.7. The molecule has 4 aliphatic rings. The number of hydrogen-bond acceptors (Lipinski definition) is 16. The molecular weight excluding hydrogens is 917 g/mol. The van der Waals surface area contributed by atoms with Gasteiger partial charge in [0.1, 0.15) is 0 Å². The van der Waals surface area contributed by atoms with Gasteiger partial charge in [-0.2, -0.15) is 0 Å². The minimum atomic E-state index is -1.51. The first-order valence-corrected chi connectivity index (χ1v) is 21.6. The third-order valence-corrected chi connectivity index (χ3v) is 8.76. The van der Waals surface area contributed by atoms with E-state index in [0.717, 1.165) is 48.6 Å². The zero-order valence-electron chi connectivity index (χ0n) is 38.1. The molecule has 0 saturated heterocycles. The number of nitrogens with zero attached hydrogens (tertiary/aromatic N) is 4. The fourth-order valence-electron chi connectivity index (χ4n) is 5.34. The van der Waals surface area contributed by atoms with E-state index in [4.69, 9.17) is 29.5 Å². The first-order valence-electron chi connectivity index (χ1n) is 21.6. The molecule has 4 aliphatic heterocycles. The van der Waals surface area contributed by atoms with Crippen LogP contribution >= 0.6 is 0 Å². The van der Waals surface area contributed by atoms with E-state index in [-0.39, 0.29) is 73.6 Å². The Bertz CT molecular complexity index is 1720. The van der Waals surface area contributed by atoms with Gasteiger partial charge in [0.15, 0.2) is 0 Å². The highest BCUT2D eigenvalue weighted by atomic mass is 16.5. The van der Waals surface area contributed by atoms with E-state index in [9.17, 15) is 62.6 Å². The second-order valence-corrected chi connectivity index (χ2v) is 14.0. The summed E-state index contributed by atoms with van der Waals surface area (Å²) < 4.78 is 15.9. The van der Waals surface area contributed by atoms with Gasteiger partial charge in [0.2, 0.25) is 0 Å². The summed E-state index contributed by atoms with van der Waals surface area (Å²) in [4.78, 5) is 133. The van der Waals surface area contributed by atoms with Crippen molar-refractivity contribution in [3.05, 3.63) is 72.9 Å². The maximum Gasteiger partial charge on any atom is 0.328 e. The van der Waals surface area contributed by atoms with Gasteiger partial charge < -0.3 is 50.9 Å². The molecule has 380 valence electrons. The molecule has 0 aromatic rings. The summed E-state index contributed by atoms with van der Waals surface area (Å²) in [7, 11) is 0. The largest absolute Gasteiger partial charge is 0.545 e. The molecule has 8 amide bonds. The SMILES string of the molecule is O=C(O)/C=C\C(=O)O.O=C([O-])/C=C\C(=O)O.O=C1C=CC(=O)N1CCCCCCN1C(=O)C=CC1=O.O=C1C=CC(=O)N1CCOCCOCCOCCN1C(=O)C=CC1=O.[NH3+]CCCCCC[NH3+]. The van der Waals surface area contributed by atoms with Crippen molar-refractivity contribution >= 4 is 71.1 Å². The highest BCUT2D eigenvalue weighted by molar-refractivity contribution is 6.14. The highest BCUT2D eigenvalue weighted by Crippen LogP contribution is 2.10. The van der Waals surface area contributed by atoms with Crippen LogP contribution in [0.2, 0.25) is 0 Å². The molecule has 0 atom stereocenters. The van der Waals surface area contributed by atoms with Gasteiger partial charge in [0, 0.05) is 79.9 Å². The van der Waals surface area contributed by atoms with Gasteiger partial charge in [-0.05, 0) is 44.6 Å². The lowest BCUT2D eigenvalue weighted by Crippen LogP contribution is -2.50. The lowest BCUT2D eigenvalue weighted by Gasteiger charge is -2.14. The van der Waals surface area contributed by atoms with Gasteiger partial charge >= 0.3 is 17.9 Å². The van der Waals surface area contributed by atoms with Crippen molar-refractivity contribution in [3.63, 3.8) is 0 Å². The fraction of sp³-hybridized carbons (Fsp3) is 0.455. The molecule has 0 aliphatic carbocycles. The number of carboxylic acid groups (broad SMARTS) is 4. The van der Waals surface area contributed by atoms with Crippen LogP contribution in [0.3, 0.4) is 0 Å². The number of carbonyl (C=O) groups excluding carboxylic acids is 9. The van der Waals surface area contributed by atoms with Crippen LogP contribution in [-0.4, -0.2) is 185 Å². The smallest absolute Gasteiger partial charge is 0.328 e. The molecule has 0 aromatic carbocycles. The van der Waals surface area contributed by atoms with E-state index in [1.165, 1.54) is 84.1 Å². The molecule has 25 nitrogen and oxygen atoms in total. The second-order valence-electron chi connectivity index (χ2n) is 14.0. The van der Waals surface area contributed by atoms with Crippen LogP contribution < -0.4 is 16.6 Å².